The molecule has 0 bridgehead atoms. The molecule has 7 heteroatoms. The maximum Gasteiger partial charge on any atom is 0.256 e. The SMILES string of the molecule is CCN(CCc1nc(C(C)(C)C)c(C)o1)C(=O)c1ccccc1-n1nccn1. The van der Waals surface area contributed by atoms with Crippen LogP contribution in [0.1, 0.15) is 55.4 Å². The average molecular weight is 381 g/mol. The second-order valence-electron chi connectivity index (χ2n) is 7.73. The molecule has 28 heavy (non-hydrogen) atoms. The van der Waals surface area contributed by atoms with Crippen LogP contribution in [0.4, 0.5) is 0 Å². The lowest BCUT2D eigenvalue weighted by atomic mass is 9.91. The van der Waals surface area contributed by atoms with Crippen molar-refractivity contribution in [2.45, 2.75) is 46.5 Å². The lowest BCUT2D eigenvalue weighted by Crippen LogP contribution is -2.33. The first-order valence-corrected chi connectivity index (χ1v) is 9.53. The van der Waals surface area contributed by atoms with Gasteiger partial charge in [-0.1, -0.05) is 32.9 Å². The van der Waals surface area contributed by atoms with E-state index in [2.05, 4.69) is 36.0 Å². The molecule has 0 N–H and O–H groups in total. The molecular formula is C21H27N5O2. The van der Waals surface area contributed by atoms with Gasteiger partial charge in [-0.25, -0.2) is 4.98 Å². The Kier molecular flexibility index (Phi) is 5.63. The minimum atomic E-state index is -0.0677. The maximum absolute atomic E-state index is 13.2. The normalized spacial score (nSPS) is 11.6. The van der Waals surface area contributed by atoms with Crippen LogP contribution in [0, 0.1) is 6.92 Å². The van der Waals surface area contributed by atoms with E-state index in [1.54, 1.807) is 23.4 Å². The van der Waals surface area contributed by atoms with E-state index in [4.69, 9.17) is 4.42 Å². The number of carbonyl (C=O) groups excluding carboxylic acids is 1. The van der Waals surface area contributed by atoms with Gasteiger partial charge in [0.2, 0.25) is 0 Å². The lowest BCUT2D eigenvalue weighted by Gasteiger charge is -2.21. The number of likely N-dealkylation sites (N-methyl/N-ethyl adjacent to an activating group) is 1. The van der Waals surface area contributed by atoms with E-state index in [0.29, 0.717) is 36.7 Å². The Hall–Kier alpha value is -2.96. The first-order valence-electron chi connectivity index (χ1n) is 9.53. The van der Waals surface area contributed by atoms with Crippen molar-refractivity contribution < 1.29 is 9.21 Å². The highest BCUT2D eigenvalue weighted by atomic mass is 16.4. The maximum atomic E-state index is 13.2. The summed E-state index contributed by atoms with van der Waals surface area (Å²) in [4.78, 5) is 21.1. The summed E-state index contributed by atoms with van der Waals surface area (Å²) >= 11 is 0. The van der Waals surface area contributed by atoms with Crippen molar-refractivity contribution in [3.63, 3.8) is 0 Å². The van der Waals surface area contributed by atoms with Gasteiger partial charge < -0.3 is 9.32 Å². The molecule has 0 aliphatic heterocycles. The molecule has 0 fully saturated rings. The molecule has 1 aromatic carbocycles. The number of aromatic nitrogens is 4. The molecule has 0 saturated carbocycles. The van der Waals surface area contributed by atoms with Gasteiger partial charge in [0.1, 0.15) is 5.76 Å². The van der Waals surface area contributed by atoms with E-state index in [1.807, 2.05) is 32.0 Å². The van der Waals surface area contributed by atoms with Gasteiger partial charge in [-0.2, -0.15) is 15.0 Å². The minimum absolute atomic E-state index is 0.0604. The highest BCUT2D eigenvalue weighted by Gasteiger charge is 2.24. The third-order valence-corrected chi connectivity index (χ3v) is 4.58. The number of carbonyl (C=O) groups is 1. The topological polar surface area (TPSA) is 77.0 Å². The molecule has 1 amide bonds. The monoisotopic (exact) mass is 381 g/mol. The number of nitrogens with zero attached hydrogens (tertiary/aromatic N) is 5. The Morgan fingerprint density at radius 1 is 1.18 bits per heavy atom. The Morgan fingerprint density at radius 2 is 1.86 bits per heavy atom. The van der Waals surface area contributed by atoms with Gasteiger partial charge in [-0.15, -0.1) is 0 Å². The Bertz CT molecular complexity index is 938. The fourth-order valence-electron chi connectivity index (χ4n) is 3.23. The molecule has 0 aliphatic rings. The van der Waals surface area contributed by atoms with Crippen LogP contribution in [0.2, 0.25) is 0 Å². The number of hydrogen-bond donors (Lipinski definition) is 0. The Balaban J connectivity index is 1.77. The van der Waals surface area contributed by atoms with Gasteiger partial charge in [0.05, 0.1) is 29.3 Å². The summed E-state index contributed by atoms with van der Waals surface area (Å²) in [6.07, 6.45) is 3.76. The molecule has 7 nitrogen and oxygen atoms in total. The summed E-state index contributed by atoms with van der Waals surface area (Å²) in [7, 11) is 0. The third kappa shape index (κ3) is 4.13. The zero-order chi connectivity index (χ0) is 20.3. The Morgan fingerprint density at radius 3 is 2.46 bits per heavy atom. The number of rotatable bonds is 6. The van der Waals surface area contributed by atoms with Crippen LogP contribution in [-0.2, 0) is 11.8 Å². The second-order valence-corrected chi connectivity index (χ2v) is 7.73. The highest BCUT2D eigenvalue weighted by molar-refractivity contribution is 5.97. The van der Waals surface area contributed by atoms with Crippen molar-refractivity contribution in [1.29, 1.82) is 0 Å². The Labute approximate surface area is 165 Å². The summed E-state index contributed by atoms with van der Waals surface area (Å²) < 4.78 is 5.83. The molecule has 2 heterocycles. The van der Waals surface area contributed by atoms with Crippen molar-refractivity contribution >= 4 is 5.91 Å². The molecule has 148 valence electrons. The molecule has 0 aliphatic carbocycles. The predicted molar refractivity (Wildman–Crippen MR) is 107 cm³/mol. The summed E-state index contributed by atoms with van der Waals surface area (Å²) in [5, 5.41) is 8.31. The van der Waals surface area contributed by atoms with E-state index in [0.717, 1.165) is 11.5 Å². The average Bonchev–Trinajstić information content (AvgIpc) is 3.31. The number of para-hydroxylation sites is 1. The molecule has 0 saturated heterocycles. The zero-order valence-electron chi connectivity index (χ0n) is 17.1. The summed E-state index contributed by atoms with van der Waals surface area (Å²) in [6.45, 7) is 11.4. The first kappa shape index (κ1) is 19.8. The van der Waals surface area contributed by atoms with Gasteiger partial charge in [0.15, 0.2) is 5.89 Å². The number of benzene rings is 1. The van der Waals surface area contributed by atoms with E-state index in [1.165, 1.54) is 4.80 Å². The first-order chi connectivity index (χ1) is 13.3. The smallest absolute Gasteiger partial charge is 0.256 e. The van der Waals surface area contributed by atoms with Crippen LogP contribution >= 0.6 is 0 Å². The fourth-order valence-corrected chi connectivity index (χ4v) is 3.23. The number of hydrogen-bond acceptors (Lipinski definition) is 5. The van der Waals surface area contributed by atoms with Crippen molar-refractivity contribution in [2.24, 2.45) is 0 Å². The van der Waals surface area contributed by atoms with E-state index in [9.17, 15) is 4.79 Å². The quantitative estimate of drug-likeness (QED) is 0.652. The summed E-state index contributed by atoms with van der Waals surface area (Å²) in [5.41, 5.74) is 2.13. The van der Waals surface area contributed by atoms with Crippen molar-refractivity contribution in [1.82, 2.24) is 24.9 Å². The zero-order valence-corrected chi connectivity index (χ0v) is 17.1. The van der Waals surface area contributed by atoms with Crippen molar-refractivity contribution in [3.8, 4) is 5.69 Å². The van der Waals surface area contributed by atoms with Crippen LogP contribution in [0.25, 0.3) is 5.69 Å². The van der Waals surface area contributed by atoms with Crippen LogP contribution in [-0.4, -0.2) is 43.9 Å². The molecule has 0 atom stereocenters. The summed E-state index contributed by atoms with van der Waals surface area (Å²) in [6, 6.07) is 7.36. The van der Waals surface area contributed by atoms with E-state index < -0.39 is 0 Å². The number of aryl methyl sites for hydroxylation is 1. The van der Waals surface area contributed by atoms with Gasteiger partial charge in [-0.3, -0.25) is 4.79 Å². The van der Waals surface area contributed by atoms with Gasteiger partial charge >= 0.3 is 0 Å². The molecule has 2 aromatic heterocycles. The van der Waals surface area contributed by atoms with E-state index >= 15 is 0 Å². The standard InChI is InChI=1S/C21H27N5O2/c1-6-25(14-11-18-24-19(15(2)28-18)21(3,4)5)20(27)16-9-7-8-10-17(16)26-22-12-13-23-26/h7-10,12-13H,6,11,14H2,1-5H3. The second kappa shape index (κ2) is 7.96. The van der Waals surface area contributed by atoms with Gasteiger partial charge in [-0.05, 0) is 26.0 Å². The minimum Gasteiger partial charge on any atom is -0.446 e. The van der Waals surface area contributed by atoms with Gasteiger partial charge in [0.25, 0.3) is 5.91 Å². The van der Waals surface area contributed by atoms with Crippen molar-refractivity contribution in [2.75, 3.05) is 13.1 Å². The van der Waals surface area contributed by atoms with Crippen LogP contribution < -0.4 is 0 Å². The molecule has 0 radical (unpaired) electrons. The molecule has 0 spiro atoms. The van der Waals surface area contributed by atoms with E-state index in [-0.39, 0.29) is 11.3 Å². The predicted octanol–water partition coefficient (Wildman–Crippen LogP) is 3.57. The van der Waals surface area contributed by atoms with Crippen LogP contribution in [0.15, 0.2) is 41.1 Å². The highest BCUT2D eigenvalue weighted by Crippen LogP contribution is 2.25. The molecule has 3 aromatic rings. The largest absolute Gasteiger partial charge is 0.446 e. The molecule has 3 rings (SSSR count). The fraction of sp³-hybridized carbons (Fsp3) is 0.429. The van der Waals surface area contributed by atoms with Gasteiger partial charge in [0, 0.05) is 24.9 Å². The number of oxazole rings is 1. The van der Waals surface area contributed by atoms with Crippen LogP contribution in [0.3, 0.4) is 0 Å². The number of amides is 1. The molecular weight excluding hydrogens is 354 g/mol. The summed E-state index contributed by atoms with van der Waals surface area (Å²) in [5.74, 6) is 1.44. The molecule has 0 unspecified atom stereocenters. The lowest BCUT2D eigenvalue weighted by molar-refractivity contribution is 0.0763. The van der Waals surface area contributed by atoms with Crippen LogP contribution in [0.5, 0.6) is 0 Å². The third-order valence-electron chi connectivity index (χ3n) is 4.58. The van der Waals surface area contributed by atoms with Crippen molar-refractivity contribution in [3.05, 3.63) is 59.6 Å².